The standard InChI is InChI=1S/C11H18N2OS/c1-8(6-14)10-7-15-11(13-10)5-9-3-2-4-12-9/h7-9,12,14H,2-6H2,1H3. The summed E-state index contributed by atoms with van der Waals surface area (Å²) in [6.45, 7) is 3.34. The van der Waals surface area contributed by atoms with Crippen LogP contribution in [0.1, 0.15) is 36.4 Å². The molecule has 15 heavy (non-hydrogen) atoms. The van der Waals surface area contributed by atoms with Crippen molar-refractivity contribution in [1.29, 1.82) is 0 Å². The van der Waals surface area contributed by atoms with E-state index in [4.69, 9.17) is 5.11 Å². The minimum absolute atomic E-state index is 0.173. The predicted octanol–water partition coefficient (Wildman–Crippen LogP) is 1.53. The molecule has 0 aromatic carbocycles. The van der Waals surface area contributed by atoms with Crippen LogP contribution in [-0.4, -0.2) is 29.3 Å². The van der Waals surface area contributed by atoms with Crippen molar-refractivity contribution >= 4 is 11.3 Å². The fraction of sp³-hybridized carbons (Fsp3) is 0.727. The molecule has 2 unspecified atom stereocenters. The molecule has 1 aromatic heterocycles. The van der Waals surface area contributed by atoms with Crippen LogP contribution in [-0.2, 0) is 6.42 Å². The molecular formula is C11H18N2OS. The van der Waals surface area contributed by atoms with Crippen LogP contribution in [0.25, 0.3) is 0 Å². The number of rotatable bonds is 4. The molecule has 0 radical (unpaired) electrons. The third-order valence-electron chi connectivity index (χ3n) is 2.93. The van der Waals surface area contributed by atoms with Gasteiger partial charge in [0.15, 0.2) is 0 Å². The number of aliphatic hydroxyl groups excluding tert-OH is 1. The van der Waals surface area contributed by atoms with Gasteiger partial charge in [-0.3, -0.25) is 0 Å². The van der Waals surface area contributed by atoms with Gasteiger partial charge in [-0.1, -0.05) is 6.92 Å². The first-order chi connectivity index (χ1) is 7.29. The van der Waals surface area contributed by atoms with Gasteiger partial charge in [0.25, 0.3) is 0 Å². The summed E-state index contributed by atoms with van der Waals surface area (Å²) in [6.07, 6.45) is 3.60. The summed E-state index contributed by atoms with van der Waals surface area (Å²) in [4.78, 5) is 4.56. The molecule has 1 aliphatic heterocycles. The van der Waals surface area contributed by atoms with Crippen molar-refractivity contribution in [3.8, 4) is 0 Å². The highest BCUT2D eigenvalue weighted by atomic mass is 32.1. The number of aliphatic hydroxyl groups is 1. The third-order valence-corrected chi connectivity index (χ3v) is 3.82. The van der Waals surface area contributed by atoms with Gasteiger partial charge in [0.05, 0.1) is 17.3 Å². The fourth-order valence-electron chi connectivity index (χ4n) is 1.88. The Hall–Kier alpha value is -0.450. The van der Waals surface area contributed by atoms with E-state index in [1.54, 1.807) is 11.3 Å². The van der Waals surface area contributed by atoms with Gasteiger partial charge in [0.1, 0.15) is 0 Å². The van der Waals surface area contributed by atoms with Crippen LogP contribution in [0, 0.1) is 0 Å². The van der Waals surface area contributed by atoms with Gasteiger partial charge in [-0.05, 0) is 19.4 Å². The Labute approximate surface area is 94.5 Å². The van der Waals surface area contributed by atoms with E-state index < -0.39 is 0 Å². The normalized spacial score (nSPS) is 23.2. The zero-order valence-corrected chi connectivity index (χ0v) is 9.89. The monoisotopic (exact) mass is 226 g/mol. The van der Waals surface area contributed by atoms with Gasteiger partial charge < -0.3 is 10.4 Å². The van der Waals surface area contributed by atoms with Crippen molar-refractivity contribution in [1.82, 2.24) is 10.3 Å². The van der Waals surface area contributed by atoms with Gasteiger partial charge in [0.2, 0.25) is 0 Å². The van der Waals surface area contributed by atoms with E-state index in [0.29, 0.717) is 6.04 Å². The number of thiazole rings is 1. The number of nitrogens with one attached hydrogen (secondary N) is 1. The van der Waals surface area contributed by atoms with Crippen molar-refractivity contribution in [2.24, 2.45) is 0 Å². The molecule has 1 fully saturated rings. The molecular weight excluding hydrogens is 208 g/mol. The van der Waals surface area contributed by atoms with E-state index in [9.17, 15) is 0 Å². The molecule has 1 saturated heterocycles. The Morgan fingerprint density at radius 2 is 2.60 bits per heavy atom. The van der Waals surface area contributed by atoms with Crippen LogP contribution in [0.3, 0.4) is 0 Å². The molecule has 0 bridgehead atoms. The highest BCUT2D eigenvalue weighted by Crippen LogP contribution is 2.20. The summed E-state index contributed by atoms with van der Waals surface area (Å²) in [7, 11) is 0. The van der Waals surface area contributed by atoms with E-state index in [2.05, 4.69) is 15.7 Å². The molecule has 2 N–H and O–H groups in total. The SMILES string of the molecule is CC(CO)c1csc(CC2CCCN2)n1. The lowest BCUT2D eigenvalue weighted by molar-refractivity contribution is 0.271. The van der Waals surface area contributed by atoms with Crippen LogP contribution in [0.2, 0.25) is 0 Å². The lowest BCUT2D eigenvalue weighted by Crippen LogP contribution is -2.23. The molecule has 3 nitrogen and oxygen atoms in total. The maximum Gasteiger partial charge on any atom is 0.0943 e. The minimum Gasteiger partial charge on any atom is -0.396 e. The van der Waals surface area contributed by atoms with Crippen LogP contribution in [0.15, 0.2) is 5.38 Å². The van der Waals surface area contributed by atoms with Gasteiger partial charge in [-0.25, -0.2) is 4.98 Å². The van der Waals surface area contributed by atoms with E-state index in [1.807, 2.05) is 6.92 Å². The summed E-state index contributed by atoms with van der Waals surface area (Å²) in [5, 5.41) is 15.8. The lowest BCUT2D eigenvalue weighted by atomic mass is 10.1. The van der Waals surface area contributed by atoms with Crippen LogP contribution < -0.4 is 5.32 Å². The number of nitrogens with zero attached hydrogens (tertiary/aromatic N) is 1. The highest BCUT2D eigenvalue weighted by Gasteiger charge is 2.17. The van der Waals surface area contributed by atoms with Crippen LogP contribution in [0.5, 0.6) is 0 Å². The Bertz CT molecular complexity index is 307. The second kappa shape index (κ2) is 5.05. The van der Waals surface area contributed by atoms with E-state index in [0.717, 1.165) is 18.7 Å². The Balaban J connectivity index is 1.94. The smallest absolute Gasteiger partial charge is 0.0943 e. The van der Waals surface area contributed by atoms with Crippen LogP contribution >= 0.6 is 11.3 Å². The van der Waals surface area contributed by atoms with Crippen molar-refractivity contribution in [2.75, 3.05) is 13.2 Å². The molecule has 84 valence electrons. The van der Waals surface area contributed by atoms with E-state index in [1.165, 1.54) is 17.8 Å². The molecule has 2 heterocycles. The fourth-order valence-corrected chi connectivity index (χ4v) is 2.88. The molecule has 0 aliphatic carbocycles. The Morgan fingerprint density at radius 1 is 1.73 bits per heavy atom. The summed E-state index contributed by atoms with van der Waals surface area (Å²) < 4.78 is 0. The molecule has 4 heteroatoms. The third kappa shape index (κ3) is 2.77. The maximum atomic E-state index is 9.03. The number of aromatic nitrogens is 1. The molecule has 0 saturated carbocycles. The second-order valence-electron chi connectivity index (χ2n) is 4.25. The quantitative estimate of drug-likeness (QED) is 0.818. The van der Waals surface area contributed by atoms with Gasteiger partial charge in [-0.15, -0.1) is 11.3 Å². The van der Waals surface area contributed by atoms with Gasteiger partial charge in [0, 0.05) is 23.8 Å². The topological polar surface area (TPSA) is 45.1 Å². The molecule has 1 aliphatic rings. The summed E-state index contributed by atoms with van der Waals surface area (Å²) in [5.41, 5.74) is 1.04. The molecule has 1 aromatic rings. The summed E-state index contributed by atoms with van der Waals surface area (Å²) >= 11 is 1.72. The zero-order valence-electron chi connectivity index (χ0n) is 9.07. The number of hydrogen-bond acceptors (Lipinski definition) is 4. The average molecular weight is 226 g/mol. The molecule has 2 atom stereocenters. The summed E-state index contributed by atoms with van der Waals surface area (Å²) in [6, 6.07) is 0.619. The summed E-state index contributed by atoms with van der Waals surface area (Å²) in [5.74, 6) is 0.173. The number of hydrogen-bond donors (Lipinski definition) is 2. The highest BCUT2D eigenvalue weighted by molar-refractivity contribution is 7.09. The van der Waals surface area contributed by atoms with E-state index in [-0.39, 0.29) is 12.5 Å². The first kappa shape index (κ1) is 11.0. The lowest BCUT2D eigenvalue weighted by Gasteiger charge is -2.06. The molecule has 0 spiro atoms. The zero-order chi connectivity index (χ0) is 10.7. The van der Waals surface area contributed by atoms with Crippen molar-refractivity contribution in [3.63, 3.8) is 0 Å². The second-order valence-corrected chi connectivity index (χ2v) is 5.19. The average Bonchev–Trinajstić information content (AvgIpc) is 2.88. The van der Waals surface area contributed by atoms with Crippen molar-refractivity contribution in [3.05, 3.63) is 16.1 Å². The van der Waals surface area contributed by atoms with E-state index >= 15 is 0 Å². The van der Waals surface area contributed by atoms with Crippen molar-refractivity contribution < 1.29 is 5.11 Å². The Morgan fingerprint density at radius 3 is 3.27 bits per heavy atom. The van der Waals surface area contributed by atoms with Crippen LogP contribution in [0.4, 0.5) is 0 Å². The first-order valence-corrected chi connectivity index (χ1v) is 6.46. The molecule has 2 rings (SSSR count). The molecule has 0 amide bonds. The van der Waals surface area contributed by atoms with Crippen molar-refractivity contribution in [2.45, 2.75) is 38.1 Å². The Kier molecular flexibility index (Phi) is 3.72. The predicted molar refractivity (Wildman–Crippen MR) is 62.3 cm³/mol. The van der Waals surface area contributed by atoms with Gasteiger partial charge in [-0.2, -0.15) is 0 Å². The maximum absolute atomic E-state index is 9.03. The minimum atomic E-state index is 0.173. The van der Waals surface area contributed by atoms with Gasteiger partial charge >= 0.3 is 0 Å². The first-order valence-electron chi connectivity index (χ1n) is 5.58. The largest absolute Gasteiger partial charge is 0.396 e.